The lowest BCUT2D eigenvalue weighted by Crippen LogP contribution is -2.01. The van der Waals surface area contributed by atoms with Gasteiger partial charge >= 0.3 is 0 Å². The van der Waals surface area contributed by atoms with E-state index in [1.807, 2.05) is 70.7 Å². The Bertz CT molecular complexity index is 1290. The van der Waals surface area contributed by atoms with Crippen LogP contribution < -0.4 is 0 Å². The van der Waals surface area contributed by atoms with Crippen LogP contribution >= 0.6 is 11.8 Å². The molecule has 0 aliphatic rings. The quantitative estimate of drug-likeness (QED) is 0.365. The molecular weight excluding hydrogens is 397 g/mol. The molecule has 5 rings (SSSR count). The first-order chi connectivity index (χ1) is 14.7. The number of hydrogen-bond donors (Lipinski definition) is 0. The predicted molar refractivity (Wildman–Crippen MR) is 116 cm³/mol. The molecule has 0 saturated heterocycles. The number of thioether (sulfide) groups is 1. The second-order valence-electron chi connectivity index (χ2n) is 6.94. The predicted octanol–water partition coefficient (Wildman–Crippen LogP) is 5.32. The minimum absolute atomic E-state index is 0.324. The number of rotatable bonds is 5. The molecule has 0 amide bonds. The zero-order chi connectivity index (χ0) is 20.5. The van der Waals surface area contributed by atoms with E-state index in [0.29, 0.717) is 22.3 Å². The molecule has 0 fully saturated rings. The van der Waals surface area contributed by atoms with E-state index < -0.39 is 0 Å². The third-order valence-electron chi connectivity index (χ3n) is 4.80. The fourth-order valence-corrected chi connectivity index (χ4v) is 4.14. The number of nitrogens with zero attached hydrogens (tertiary/aromatic N) is 5. The zero-order valence-corrected chi connectivity index (χ0v) is 17.1. The highest BCUT2D eigenvalue weighted by Gasteiger charge is 2.19. The third-order valence-corrected chi connectivity index (χ3v) is 5.77. The first-order valence-corrected chi connectivity index (χ1v) is 10.5. The fraction of sp³-hybridized carbons (Fsp3) is 0.0870. The minimum Gasteiger partial charge on any atom is -0.307 e. The van der Waals surface area contributed by atoms with Gasteiger partial charge in [0.1, 0.15) is 11.5 Å². The van der Waals surface area contributed by atoms with E-state index in [4.69, 9.17) is 0 Å². The van der Waals surface area contributed by atoms with Crippen molar-refractivity contribution in [1.82, 2.24) is 24.1 Å². The number of pyridine rings is 1. The van der Waals surface area contributed by atoms with Gasteiger partial charge in [0, 0.05) is 23.8 Å². The average molecular weight is 415 g/mol. The van der Waals surface area contributed by atoms with Crippen molar-refractivity contribution in [3.05, 3.63) is 96.2 Å². The molecule has 0 aliphatic heterocycles. The van der Waals surface area contributed by atoms with Gasteiger partial charge in [0.05, 0.1) is 11.3 Å². The van der Waals surface area contributed by atoms with E-state index in [9.17, 15) is 4.39 Å². The Balaban J connectivity index is 1.54. The zero-order valence-electron chi connectivity index (χ0n) is 16.2. The molecule has 0 spiro atoms. The largest absolute Gasteiger partial charge is 0.307 e. The Labute approximate surface area is 177 Å². The maximum atomic E-state index is 14.5. The fourth-order valence-electron chi connectivity index (χ4n) is 3.30. The first kappa shape index (κ1) is 18.6. The molecule has 5 nitrogen and oxygen atoms in total. The summed E-state index contributed by atoms with van der Waals surface area (Å²) in [5.74, 6) is 0.785. The van der Waals surface area contributed by atoms with Crippen molar-refractivity contribution < 1.29 is 4.39 Å². The molecule has 0 bridgehead atoms. The van der Waals surface area contributed by atoms with Gasteiger partial charge in [0.15, 0.2) is 11.0 Å². The van der Waals surface area contributed by atoms with Gasteiger partial charge in [-0.05, 0) is 43.3 Å². The van der Waals surface area contributed by atoms with E-state index in [0.717, 1.165) is 22.6 Å². The summed E-state index contributed by atoms with van der Waals surface area (Å²) in [6, 6.07) is 20.6. The molecule has 0 N–H and O–H groups in total. The molecule has 0 aliphatic carbocycles. The summed E-state index contributed by atoms with van der Waals surface area (Å²) in [6.07, 6.45) is 3.98. The molecule has 0 radical (unpaired) electrons. The number of aryl methyl sites for hydroxylation is 1. The summed E-state index contributed by atoms with van der Waals surface area (Å²) in [4.78, 5) is 4.65. The van der Waals surface area contributed by atoms with Gasteiger partial charge in [0.2, 0.25) is 0 Å². The van der Waals surface area contributed by atoms with Crippen molar-refractivity contribution in [2.75, 3.05) is 0 Å². The Morgan fingerprint density at radius 3 is 2.53 bits per heavy atom. The monoisotopic (exact) mass is 415 g/mol. The number of aromatic nitrogens is 5. The molecule has 5 aromatic rings. The van der Waals surface area contributed by atoms with Crippen molar-refractivity contribution in [2.24, 2.45) is 0 Å². The van der Waals surface area contributed by atoms with Crippen LogP contribution in [0.3, 0.4) is 0 Å². The van der Waals surface area contributed by atoms with Gasteiger partial charge in [-0.15, -0.1) is 10.2 Å². The van der Waals surface area contributed by atoms with Crippen LogP contribution in [0.4, 0.5) is 4.39 Å². The highest BCUT2D eigenvalue weighted by molar-refractivity contribution is 7.98. The van der Waals surface area contributed by atoms with E-state index in [1.165, 1.54) is 17.8 Å². The maximum Gasteiger partial charge on any atom is 0.196 e. The molecule has 3 aromatic heterocycles. The van der Waals surface area contributed by atoms with Crippen LogP contribution in [0.2, 0.25) is 0 Å². The SMILES string of the molecule is Cc1ccc(-n2c(SCc3cn4ccccc4n3)nnc2-c2ccccc2F)cc1. The maximum absolute atomic E-state index is 14.5. The Morgan fingerprint density at radius 2 is 1.73 bits per heavy atom. The number of hydrogen-bond acceptors (Lipinski definition) is 4. The van der Waals surface area contributed by atoms with E-state index in [-0.39, 0.29) is 5.82 Å². The van der Waals surface area contributed by atoms with Crippen LogP contribution in [0.1, 0.15) is 11.3 Å². The van der Waals surface area contributed by atoms with E-state index >= 15 is 0 Å². The van der Waals surface area contributed by atoms with Gasteiger partial charge in [0.25, 0.3) is 0 Å². The van der Waals surface area contributed by atoms with E-state index in [1.54, 1.807) is 18.2 Å². The number of imidazole rings is 1. The molecule has 2 aromatic carbocycles. The van der Waals surface area contributed by atoms with Crippen LogP contribution in [0, 0.1) is 12.7 Å². The molecule has 0 unspecified atom stereocenters. The second-order valence-corrected chi connectivity index (χ2v) is 7.89. The van der Waals surface area contributed by atoms with Gasteiger partial charge in [-0.2, -0.15) is 0 Å². The van der Waals surface area contributed by atoms with Crippen LogP contribution in [0.5, 0.6) is 0 Å². The smallest absolute Gasteiger partial charge is 0.196 e. The Morgan fingerprint density at radius 1 is 0.933 bits per heavy atom. The molecule has 148 valence electrons. The third kappa shape index (κ3) is 3.48. The standard InChI is InChI=1S/C23H18FN5S/c1-16-9-11-18(12-10-16)29-22(19-6-2-3-7-20(19)24)26-27-23(29)30-15-17-14-28-13-5-4-8-21(28)25-17/h2-14H,15H2,1H3. The number of fused-ring (bicyclic) bond motifs is 1. The lowest BCUT2D eigenvalue weighted by atomic mass is 10.2. The summed E-state index contributed by atoms with van der Waals surface area (Å²) in [5, 5.41) is 9.39. The summed E-state index contributed by atoms with van der Waals surface area (Å²) in [7, 11) is 0. The first-order valence-electron chi connectivity index (χ1n) is 9.52. The molecule has 3 heterocycles. The van der Waals surface area contributed by atoms with Crippen LogP contribution in [-0.2, 0) is 5.75 Å². The average Bonchev–Trinajstić information content (AvgIpc) is 3.37. The highest BCUT2D eigenvalue weighted by Crippen LogP contribution is 2.31. The van der Waals surface area contributed by atoms with Crippen LogP contribution in [-0.4, -0.2) is 24.1 Å². The van der Waals surface area contributed by atoms with Crippen molar-refractivity contribution in [3.8, 4) is 17.1 Å². The second kappa shape index (κ2) is 7.76. The van der Waals surface area contributed by atoms with Gasteiger partial charge in [-0.25, -0.2) is 9.37 Å². The van der Waals surface area contributed by atoms with Crippen molar-refractivity contribution in [1.29, 1.82) is 0 Å². The number of benzene rings is 2. The Hall–Kier alpha value is -3.45. The lowest BCUT2D eigenvalue weighted by Gasteiger charge is -2.11. The summed E-state index contributed by atoms with van der Waals surface area (Å²) in [5.41, 5.74) is 4.31. The lowest BCUT2D eigenvalue weighted by molar-refractivity contribution is 0.629. The molecule has 30 heavy (non-hydrogen) atoms. The van der Waals surface area contributed by atoms with Crippen molar-refractivity contribution in [2.45, 2.75) is 17.8 Å². The topological polar surface area (TPSA) is 48.0 Å². The molecule has 0 saturated carbocycles. The molecular formula is C23H18FN5S. The highest BCUT2D eigenvalue weighted by atomic mass is 32.2. The number of halogens is 1. The van der Waals surface area contributed by atoms with Gasteiger partial charge in [-0.3, -0.25) is 4.57 Å². The minimum atomic E-state index is -0.324. The van der Waals surface area contributed by atoms with E-state index in [2.05, 4.69) is 15.2 Å². The summed E-state index contributed by atoms with van der Waals surface area (Å²) in [6.45, 7) is 2.03. The molecule has 0 atom stereocenters. The van der Waals surface area contributed by atoms with Crippen molar-refractivity contribution in [3.63, 3.8) is 0 Å². The normalized spacial score (nSPS) is 11.3. The van der Waals surface area contributed by atoms with Gasteiger partial charge in [-0.1, -0.05) is 47.7 Å². The van der Waals surface area contributed by atoms with Crippen molar-refractivity contribution >= 4 is 17.4 Å². The van der Waals surface area contributed by atoms with Crippen LogP contribution in [0.15, 0.2) is 84.3 Å². The Kier molecular flexibility index (Phi) is 4.80. The summed E-state index contributed by atoms with van der Waals surface area (Å²) < 4.78 is 18.4. The summed E-state index contributed by atoms with van der Waals surface area (Å²) >= 11 is 1.53. The molecule has 7 heteroatoms. The van der Waals surface area contributed by atoms with Crippen LogP contribution in [0.25, 0.3) is 22.7 Å². The van der Waals surface area contributed by atoms with Gasteiger partial charge < -0.3 is 4.40 Å².